The molecule has 0 heterocycles. The van der Waals surface area contributed by atoms with Gasteiger partial charge in [0.05, 0.1) is 16.6 Å². The van der Waals surface area contributed by atoms with Gasteiger partial charge < -0.3 is 14.9 Å². The number of benzene rings is 1. The Morgan fingerprint density at radius 2 is 1.92 bits per heavy atom. The predicted molar refractivity (Wildman–Crippen MR) is 135 cm³/mol. The number of ketones is 2. The lowest BCUT2D eigenvalue weighted by Gasteiger charge is -2.59. The number of rotatable bonds is 5. The first kappa shape index (κ1) is 26.9. The van der Waals surface area contributed by atoms with Crippen LogP contribution in [-0.4, -0.2) is 59.0 Å². The van der Waals surface area contributed by atoms with Crippen molar-refractivity contribution < 1.29 is 42.3 Å². The summed E-state index contributed by atoms with van der Waals surface area (Å²) in [5.41, 5.74) is -2.36. The number of carbonyl (C=O) groups is 3. The summed E-state index contributed by atoms with van der Waals surface area (Å²) >= 11 is 0. The Kier molecular flexibility index (Phi) is 6.34. The molecule has 3 fully saturated rings. The van der Waals surface area contributed by atoms with Gasteiger partial charge in [0.2, 0.25) is 5.78 Å². The molecule has 10 heteroatoms. The molecule has 0 radical (unpaired) electrons. The van der Waals surface area contributed by atoms with E-state index in [2.05, 4.69) is 0 Å². The van der Waals surface area contributed by atoms with E-state index in [9.17, 15) is 37.6 Å². The molecule has 7 atom stereocenters. The van der Waals surface area contributed by atoms with Gasteiger partial charge in [-0.25, -0.2) is 4.79 Å². The first-order valence-electron chi connectivity index (χ1n) is 12.8. The molecule has 4 aliphatic carbocycles. The molecule has 5 rings (SSSR count). The summed E-state index contributed by atoms with van der Waals surface area (Å²) in [6.45, 7) is 3.16. The van der Waals surface area contributed by atoms with Gasteiger partial charge >= 0.3 is 5.97 Å². The molecule has 9 nitrogen and oxygen atoms in total. The molecule has 3 saturated carbocycles. The lowest BCUT2D eigenvalue weighted by molar-refractivity contribution is -0.178. The maximum atomic E-state index is 13.4. The van der Waals surface area contributed by atoms with Crippen molar-refractivity contribution in [1.82, 2.24) is 0 Å². The van der Waals surface area contributed by atoms with E-state index in [1.165, 1.54) is 12.1 Å². The maximum Gasteiger partial charge on any atom is 0.338 e. The van der Waals surface area contributed by atoms with Crippen LogP contribution in [0.2, 0.25) is 0 Å². The second kappa shape index (κ2) is 8.94. The van der Waals surface area contributed by atoms with Crippen molar-refractivity contribution in [1.29, 1.82) is 0 Å². The topological polar surface area (TPSA) is 155 Å². The third kappa shape index (κ3) is 4.00. The Bertz CT molecular complexity index is 1380. The number of carbonyl (C=O) groups excluding carboxylic acids is 3. The zero-order valence-electron chi connectivity index (χ0n) is 21.3. The van der Waals surface area contributed by atoms with Crippen molar-refractivity contribution >= 4 is 27.7 Å². The quantitative estimate of drug-likeness (QED) is 0.375. The minimum absolute atomic E-state index is 0.0382. The molecule has 0 saturated heterocycles. The highest BCUT2D eigenvalue weighted by Gasteiger charge is 2.68. The number of aliphatic hydroxyl groups is 2. The summed E-state index contributed by atoms with van der Waals surface area (Å²) in [6.07, 6.45) is 6.71. The highest BCUT2D eigenvalue weighted by molar-refractivity contribution is 7.85. The van der Waals surface area contributed by atoms with Crippen LogP contribution >= 0.6 is 0 Å². The molecule has 4 aliphatic rings. The summed E-state index contributed by atoms with van der Waals surface area (Å²) in [7, 11) is -4.53. The van der Waals surface area contributed by atoms with Crippen LogP contribution in [0.15, 0.2) is 53.0 Å². The molecule has 0 unspecified atom stereocenters. The number of ether oxygens (including phenoxy) is 1. The Morgan fingerprint density at radius 3 is 2.63 bits per heavy atom. The molecule has 0 amide bonds. The summed E-state index contributed by atoms with van der Waals surface area (Å²) in [6, 6.07) is 4.62. The Hall–Kier alpha value is -2.66. The zero-order valence-corrected chi connectivity index (χ0v) is 22.1. The molecule has 0 aromatic heterocycles. The first-order valence-corrected chi connectivity index (χ1v) is 14.3. The second-order valence-corrected chi connectivity index (χ2v) is 13.0. The van der Waals surface area contributed by atoms with Gasteiger partial charge in [0, 0.05) is 16.7 Å². The van der Waals surface area contributed by atoms with Gasteiger partial charge in [-0.15, -0.1) is 0 Å². The first-order chi connectivity index (χ1) is 17.7. The van der Waals surface area contributed by atoms with Crippen LogP contribution < -0.4 is 0 Å². The van der Waals surface area contributed by atoms with E-state index in [0.29, 0.717) is 12.8 Å². The Morgan fingerprint density at radius 1 is 1.18 bits per heavy atom. The average molecular weight is 545 g/mol. The third-order valence-electron chi connectivity index (χ3n) is 9.81. The third-order valence-corrected chi connectivity index (χ3v) is 10.7. The molecule has 3 N–H and O–H groups in total. The van der Waals surface area contributed by atoms with Crippen LogP contribution in [0, 0.1) is 28.6 Å². The minimum Gasteiger partial charge on any atom is -0.454 e. The van der Waals surface area contributed by atoms with Crippen molar-refractivity contribution in [3.63, 3.8) is 0 Å². The largest absolute Gasteiger partial charge is 0.454 e. The monoisotopic (exact) mass is 544 g/mol. The second-order valence-electron chi connectivity index (χ2n) is 11.6. The van der Waals surface area contributed by atoms with Gasteiger partial charge in [-0.3, -0.25) is 14.1 Å². The SMILES string of the molecule is C[C@]12C=CC(=O)C=C1CC[C@H]1[C@H]2[C@@H](O)C[C@]2(C)[C@@H]1CC[C@@]2(O)C(=O)COC(=O)c1cccc(S(=O)(=O)O)c1. The Labute approximate surface area is 221 Å². The number of allylic oxidation sites excluding steroid dienone is 4. The van der Waals surface area contributed by atoms with Crippen molar-refractivity contribution in [3.8, 4) is 0 Å². The van der Waals surface area contributed by atoms with Crippen molar-refractivity contribution in [2.45, 2.75) is 62.6 Å². The van der Waals surface area contributed by atoms with E-state index in [1.807, 2.05) is 19.9 Å². The fourth-order valence-corrected chi connectivity index (χ4v) is 8.43. The van der Waals surface area contributed by atoms with Gasteiger partial charge in [0.25, 0.3) is 10.1 Å². The van der Waals surface area contributed by atoms with Crippen molar-refractivity contribution in [2.24, 2.45) is 28.6 Å². The van der Waals surface area contributed by atoms with Crippen LogP contribution in [-0.2, 0) is 24.4 Å². The van der Waals surface area contributed by atoms with E-state index in [0.717, 1.165) is 24.1 Å². The highest BCUT2D eigenvalue weighted by Crippen LogP contribution is 2.67. The fraction of sp³-hybridized carbons (Fsp3) is 0.536. The van der Waals surface area contributed by atoms with E-state index >= 15 is 0 Å². The molecular weight excluding hydrogens is 512 g/mol. The lowest BCUT2D eigenvalue weighted by atomic mass is 9.46. The van der Waals surface area contributed by atoms with Crippen LogP contribution in [0.4, 0.5) is 0 Å². The summed E-state index contributed by atoms with van der Waals surface area (Å²) in [5.74, 6) is -1.83. The fourth-order valence-electron chi connectivity index (χ4n) is 7.91. The molecule has 38 heavy (non-hydrogen) atoms. The molecular formula is C28H32O9S. The van der Waals surface area contributed by atoms with Gasteiger partial charge in [-0.05, 0) is 74.3 Å². The maximum absolute atomic E-state index is 13.4. The van der Waals surface area contributed by atoms with Crippen LogP contribution in [0.5, 0.6) is 0 Å². The zero-order chi connectivity index (χ0) is 27.7. The number of Topliss-reactive ketones (excluding diaryl/α,β-unsaturated/α-hetero) is 1. The standard InChI is InChI=1S/C28H32O9S/c1-26-10-8-18(29)13-17(26)6-7-20-21-9-11-28(33,27(21,2)14-22(30)24(20)26)23(31)15-37-25(32)16-4-3-5-19(12-16)38(34,35)36/h3-5,8,10,12-13,20-22,24,30,33H,6-7,9,11,14-15H2,1-2H3,(H,34,35,36)/t20-,21-,22+,24+,26+,27-,28-/m1/s1. The van der Waals surface area contributed by atoms with Gasteiger partial charge in [-0.1, -0.05) is 31.6 Å². The normalized spacial score (nSPS) is 38.0. The van der Waals surface area contributed by atoms with Gasteiger partial charge in [0.1, 0.15) is 5.60 Å². The number of aliphatic hydroxyl groups excluding tert-OH is 1. The lowest BCUT2D eigenvalue weighted by Crippen LogP contribution is -2.61. The van der Waals surface area contributed by atoms with Crippen molar-refractivity contribution in [2.75, 3.05) is 6.61 Å². The average Bonchev–Trinajstić information content (AvgIpc) is 3.13. The number of hydrogen-bond donors (Lipinski definition) is 3. The van der Waals surface area contributed by atoms with E-state index in [4.69, 9.17) is 4.74 Å². The van der Waals surface area contributed by atoms with Gasteiger partial charge in [-0.2, -0.15) is 8.42 Å². The number of fused-ring (bicyclic) bond motifs is 5. The van der Waals surface area contributed by atoms with Crippen LogP contribution in [0.25, 0.3) is 0 Å². The van der Waals surface area contributed by atoms with Gasteiger partial charge in [0.15, 0.2) is 12.4 Å². The Balaban J connectivity index is 1.34. The molecule has 0 bridgehead atoms. The summed E-state index contributed by atoms with van der Waals surface area (Å²) in [5, 5.41) is 23.2. The molecule has 0 spiro atoms. The molecule has 1 aromatic carbocycles. The predicted octanol–water partition coefficient (Wildman–Crippen LogP) is 2.67. The number of hydrogen-bond acceptors (Lipinski definition) is 8. The highest BCUT2D eigenvalue weighted by atomic mass is 32.2. The minimum atomic E-state index is -4.53. The summed E-state index contributed by atoms with van der Waals surface area (Å²) in [4.78, 5) is 37.4. The smallest absolute Gasteiger partial charge is 0.338 e. The summed E-state index contributed by atoms with van der Waals surface area (Å²) < 4.78 is 37.1. The molecule has 1 aromatic rings. The van der Waals surface area contributed by atoms with Crippen LogP contribution in [0.1, 0.15) is 56.3 Å². The molecule has 0 aliphatic heterocycles. The van der Waals surface area contributed by atoms with Crippen molar-refractivity contribution in [3.05, 3.63) is 53.6 Å². The number of esters is 1. The van der Waals surface area contributed by atoms with E-state index in [-0.39, 0.29) is 41.9 Å². The van der Waals surface area contributed by atoms with E-state index < -0.39 is 55.9 Å². The van der Waals surface area contributed by atoms with E-state index in [1.54, 1.807) is 12.2 Å². The van der Waals surface area contributed by atoms with Crippen LogP contribution in [0.3, 0.4) is 0 Å². The molecule has 204 valence electrons.